The highest BCUT2D eigenvalue weighted by molar-refractivity contribution is 5.44. The summed E-state index contributed by atoms with van der Waals surface area (Å²) in [5.41, 5.74) is 6.91. The van der Waals surface area contributed by atoms with Crippen LogP contribution >= 0.6 is 0 Å². The summed E-state index contributed by atoms with van der Waals surface area (Å²) in [5.74, 6) is 1.96. The van der Waals surface area contributed by atoms with Gasteiger partial charge in [-0.2, -0.15) is 15.0 Å². The standard InChI is InChI=1S/C24H31N5/c25-23-27-22(20-16-12-8-6-7-9-13-17-20)28-24(29-23)26-21-18-14-10-4-2-1-3-5-11-15-19-21/h1-5,10-11,14-15,18-20H,6-9,12-13,16-17H2,(H3,25,26,27,28,29)/b2-1-,3-1?,4-2?,5-3-,10-4-,11-5?,14-10?,15-11-,18-14?,19-15?,21-18?,21-19?. The molecule has 1 fully saturated rings. The molecule has 0 unspecified atom stereocenters. The molecule has 3 rings (SSSR count). The summed E-state index contributed by atoms with van der Waals surface area (Å²) in [5, 5.41) is 3.30. The zero-order valence-corrected chi connectivity index (χ0v) is 17.0. The minimum absolute atomic E-state index is 0.276. The lowest BCUT2D eigenvalue weighted by Crippen LogP contribution is -2.12. The molecule has 0 saturated heterocycles. The van der Waals surface area contributed by atoms with Crippen molar-refractivity contribution in [2.75, 3.05) is 11.1 Å². The zero-order chi connectivity index (χ0) is 20.2. The maximum Gasteiger partial charge on any atom is 0.232 e. The molecule has 0 amide bonds. The SMILES string of the molecule is Nc1nc(NC2=C\C=C/C=C\C=C/C=C\C=C2)nc(C2CCCCCCCC2)n1. The minimum Gasteiger partial charge on any atom is -0.368 e. The van der Waals surface area contributed by atoms with Crippen molar-refractivity contribution in [1.82, 2.24) is 15.0 Å². The van der Waals surface area contributed by atoms with E-state index < -0.39 is 0 Å². The molecule has 5 heteroatoms. The van der Waals surface area contributed by atoms with Crippen LogP contribution in [-0.4, -0.2) is 15.0 Å². The van der Waals surface area contributed by atoms with Gasteiger partial charge in [0, 0.05) is 11.6 Å². The fourth-order valence-corrected chi connectivity index (χ4v) is 3.57. The highest BCUT2D eigenvalue weighted by Crippen LogP contribution is 2.29. The van der Waals surface area contributed by atoms with Crippen molar-refractivity contribution in [1.29, 1.82) is 0 Å². The largest absolute Gasteiger partial charge is 0.368 e. The summed E-state index contributed by atoms with van der Waals surface area (Å²) < 4.78 is 0. The Morgan fingerprint density at radius 1 is 0.690 bits per heavy atom. The molecule has 1 aromatic rings. The normalized spacial score (nSPS) is 23.2. The molecule has 2 aliphatic carbocycles. The van der Waals surface area contributed by atoms with Gasteiger partial charge in [-0.15, -0.1) is 0 Å². The first-order chi connectivity index (χ1) is 14.3. The first-order valence-corrected chi connectivity index (χ1v) is 10.6. The van der Waals surface area contributed by atoms with Gasteiger partial charge in [-0.3, -0.25) is 0 Å². The molecule has 5 nitrogen and oxygen atoms in total. The molecule has 0 radical (unpaired) electrons. The van der Waals surface area contributed by atoms with E-state index >= 15 is 0 Å². The van der Waals surface area contributed by atoms with E-state index in [4.69, 9.17) is 10.7 Å². The highest BCUT2D eigenvalue weighted by atomic mass is 15.2. The van der Waals surface area contributed by atoms with E-state index in [0.717, 1.165) is 24.4 Å². The number of nitrogen functional groups attached to an aromatic ring is 1. The van der Waals surface area contributed by atoms with Gasteiger partial charge in [-0.05, 0) is 25.0 Å². The van der Waals surface area contributed by atoms with Crippen LogP contribution < -0.4 is 11.1 Å². The third kappa shape index (κ3) is 7.53. The smallest absolute Gasteiger partial charge is 0.232 e. The van der Waals surface area contributed by atoms with Crippen LogP contribution in [0.4, 0.5) is 11.9 Å². The van der Waals surface area contributed by atoms with Gasteiger partial charge in [0.05, 0.1) is 0 Å². The van der Waals surface area contributed by atoms with Crippen LogP contribution in [0.5, 0.6) is 0 Å². The maximum absolute atomic E-state index is 6.03. The number of nitrogens with one attached hydrogen (secondary N) is 1. The van der Waals surface area contributed by atoms with Crippen molar-refractivity contribution in [3.8, 4) is 0 Å². The molecule has 0 bridgehead atoms. The molecule has 3 N–H and O–H groups in total. The Balaban J connectivity index is 1.78. The Hall–Kier alpha value is -2.95. The van der Waals surface area contributed by atoms with Crippen LogP contribution in [0.25, 0.3) is 0 Å². The number of rotatable bonds is 3. The zero-order valence-electron chi connectivity index (χ0n) is 17.0. The third-order valence-electron chi connectivity index (χ3n) is 5.09. The average Bonchev–Trinajstić information content (AvgIpc) is 2.84. The van der Waals surface area contributed by atoms with Crippen molar-refractivity contribution < 1.29 is 0 Å². The fraction of sp³-hybridized carbons (Fsp3) is 0.375. The second-order valence-electron chi connectivity index (χ2n) is 7.42. The van der Waals surface area contributed by atoms with Crippen molar-refractivity contribution >= 4 is 11.9 Å². The van der Waals surface area contributed by atoms with E-state index in [1.165, 1.54) is 38.5 Å². The van der Waals surface area contributed by atoms with Crippen molar-refractivity contribution in [2.24, 2.45) is 0 Å². The van der Waals surface area contributed by atoms with Gasteiger partial charge in [-0.1, -0.05) is 93.2 Å². The van der Waals surface area contributed by atoms with E-state index in [9.17, 15) is 0 Å². The maximum atomic E-state index is 6.03. The van der Waals surface area contributed by atoms with E-state index in [2.05, 4.69) is 15.3 Å². The van der Waals surface area contributed by atoms with Gasteiger partial charge in [0.2, 0.25) is 11.9 Å². The summed E-state index contributed by atoms with van der Waals surface area (Å²) >= 11 is 0. The average molecular weight is 390 g/mol. The van der Waals surface area contributed by atoms with Crippen molar-refractivity contribution in [3.63, 3.8) is 0 Å². The van der Waals surface area contributed by atoms with E-state index in [1.54, 1.807) is 0 Å². The number of hydrogen-bond acceptors (Lipinski definition) is 5. The van der Waals surface area contributed by atoms with Crippen LogP contribution in [0.15, 0.2) is 72.5 Å². The second kappa shape index (κ2) is 11.8. The van der Waals surface area contributed by atoms with Crippen LogP contribution in [0, 0.1) is 0 Å². The number of nitrogens with zero attached hydrogens (tertiary/aromatic N) is 3. The van der Waals surface area contributed by atoms with Gasteiger partial charge >= 0.3 is 0 Å². The Bertz CT molecular complexity index is 820. The molecule has 0 aliphatic heterocycles. The van der Waals surface area contributed by atoms with Crippen LogP contribution in [-0.2, 0) is 0 Å². The lowest BCUT2D eigenvalue weighted by Gasteiger charge is -2.16. The van der Waals surface area contributed by atoms with Crippen LogP contribution in [0.2, 0.25) is 0 Å². The molecule has 152 valence electrons. The number of hydrogen-bond donors (Lipinski definition) is 2. The van der Waals surface area contributed by atoms with Gasteiger partial charge in [-0.25, -0.2) is 0 Å². The lowest BCUT2D eigenvalue weighted by atomic mass is 9.96. The Labute approximate surface area is 173 Å². The molecular weight excluding hydrogens is 358 g/mol. The Kier molecular flexibility index (Phi) is 8.45. The quantitative estimate of drug-likeness (QED) is 0.687. The summed E-state index contributed by atoms with van der Waals surface area (Å²) in [6.07, 6.45) is 31.8. The first-order valence-electron chi connectivity index (χ1n) is 10.6. The Morgan fingerprint density at radius 3 is 1.97 bits per heavy atom. The van der Waals surface area contributed by atoms with E-state index in [0.29, 0.717) is 11.9 Å². The molecule has 0 spiro atoms. The monoisotopic (exact) mass is 389 g/mol. The molecule has 2 aliphatic rings. The molecule has 1 saturated carbocycles. The minimum atomic E-state index is 0.276. The summed E-state index contributed by atoms with van der Waals surface area (Å²) in [6.45, 7) is 0. The molecule has 29 heavy (non-hydrogen) atoms. The predicted octanol–water partition coefficient (Wildman–Crippen LogP) is 5.76. The number of nitrogens with two attached hydrogens (primary N) is 1. The van der Waals surface area contributed by atoms with Crippen molar-refractivity contribution in [2.45, 2.75) is 57.3 Å². The molecular formula is C24H31N5. The molecule has 0 atom stereocenters. The third-order valence-corrected chi connectivity index (χ3v) is 5.09. The van der Waals surface area contributed by atoms with Gasteiger partial charge in [0.1, 0.15) is 5.82 Å². The molecule has 0 aromatic carbocycles. The highest BCUT2D eigenvalue weighted by Gasteiger charge is 2.18. The van der Waals surface area contributed by atoms with Gasteiger partial charge < -0.3 is 11.1 Å². The van der Waals surface area contributed by atoms with Crippen LogP contribution in [0.3, 0.4) is 0 Å². The van der Waals surface area contributed by atoms with Gasteiger partial charge in [0.15, 0.2) is 0 Å². The number of allylic oxidation sites excluding steroid dienone is 11. The second-order valence-corrected chi connectivity index (χ2v) is 7.42. The van der Waals surface area contributed by atoms with Gasteiger partial charge in [0.25, 0.3) is 0 Å². The van der Waals surface area contributed by atoms with Crippen molar-refractivity contribution in [3.05, 3.63) is 78.4 Å². The van der Waals surface area contributed by atoms with E-state index in [-0.39, 0.29) is 5.95 Å². The predicted molar refractivity (Wildman–Crippen MR) is 121 cm³/mol. The summed E-state index contributed by atoms with van der Waals surface area (Å²) in [4.78, 5) is 13.5. The molecule has 1 heterocycles. The Morgan fingerprint density at radius 2 is 1.28 bits per heavy atom. The van der Waals surface area contributed by atoms with Crippen LogP contribution in [0.1, 0.15) is 63.1 Å². The number of anilines is 2. The molecule has 1 aromatic heterocycles. The fourth-order valence-electron chi connectivity index (χ4n) is 3.57. The van der Waals surface area contributed by atoms with E-state index in [1.807, 2.05) is 66.8 Å². The number of aromatic nitrogens is 3. The summed E-state index contributed by atoms with van der Waals surface area (Å²) in [6, 6.07) is 0. The first kappa shape index (κ1) is 20.8. The topological polar surface area (TPSA) is 76.7 Å². The lowest BCUT2D eigenvalue weighted by molar-refractivity contribution is 0.515. The summed E-state index contributed by atoms with van der Waals surface area (Å²) in [7, 11) is 0.